The van der Waals surface area contributed by atoms with Gasteiger partial charge < -0.3 is 4.74 Å². The monoisotopic (exact) mass is 404 g/mol. The van der Waals surface area contributed by atoms with Crippen molar-refractivity contribution in [3.8, 4) is 0 Å². The maximum Gasteiger partial charge on any atom is 0.414 e. The van der Waals surface area contributed by atoms with Crippen molar-refractivity contribution in [1.82, 2.24) is 9.21 Å². The quantitative estimate of drug-likeness (QED) is 0.751. The van der Waals surface area contributed by atoms with Crippen molar-refractivity contribution >= 4 is 16.1 Å². The minimum atomic E-state index is -3.59. The van der Waals surface area contributed by atoms with E-state index in [1.807, 2.05) is 45.9 Å². The van der Waals surface area contributed by atoms with Gasteiger partial charge in [0, 0.05) is 13.1 Å². The van der Waals surface area contributed by atoms with Crippen LogP contribution in [0.5, 0.6) is 0 Å². The molecule has 3 rings (SSSR count). The van der Waals surface area contributed by atoms with Gasteiger partial charge in [-0.3, -0.25) is 4.90 Å². The number of carbonyl (C=O) groups is 1. The summed E-state index contributed by atoms with van der Waals surface area (Å²) in [5, 5.41) is 0. The zero-order valence-electron chi connectivity index (χ0n) is 16.9. The summed E-state index contributed by atoms with van der Waals surface area (Å²) in [6.45, 7) is 9.47. The summed E-state index contributed by atoms with van der Waals surface area (Å²) < 4.78 is 32.9. The number of carbonyl (C=O) groups excluding carboxylic acids is 1. The Morgan fingerprint density at radius 3 is 2.50 bits per heavy atom. The van der Waals surface area contributed by atoms with Crippen LogP contribution in [0, 0.1) is 12.8 Å². The second-order valence-corrected chi connectivity index (χ2v) is 9.26. The van der Waals surface area contributed by atoms with Crippen molar-refractivity contribution in [3.63, 3.8) is 0 Å². The Labute approximate surface area is 167 Å². The van der Waals surface area contributed by atoms with Crippen LogP contribution in [0.15, 0.2) is 52.1 Å². The molecule has 1 amide bonds. The molecule has 2 aliphatic rings. The van der Waals surface area contributed by atoms with Crippen LogP contribution in [0.2, 0.25) is 0 Å². The van der Waals surface area contributed by atoms with E-state index in [0.717, 1.165) is 28.8 Å². The fourth-order valence-electron chi connectivity index (χ4n) is 3.83. The molecule has 0 spiro atoms. The van der Waals surface area contributed by atoms with E-state index in [4.69, 9.17) is 4.74 Å². The van der Waals surface area contributed by atoms with E-state index in [2.05, 4.69) is 0 Å². The SMILES string of the molecule is C/C=C(CC)\C(=C1\CN(S(=O)(=O)c2ccc(C)cc2)CC1C)N1CCOC1=O. The molecule has 0 N–H and O–H groups in total. The van der Waals surface area contributed by atoms with Crippen molar-refractivity contribution in [1.29, 1.82) is 0 Å². The summed E-state index contributed by atoms with van der Waals surface area (Å²) in [5.41, 5.74) is 3.87. The molecular formula is C21H28N2O4S. The van der Waals surface area contributed by atoms with Crippen molar-refractivity contribution in [3.05, 3.63) is 52.7 Å². The van der Waals surface area contributed by atoms with Gasteiger partial charge in [-0.25, -0.2) is 13.2 Å². The fraction of sp³-hybridized carbons (Fsp3) is 0.476. The lowest BCUT2D eigenvalue weighted by molar-refractivity contribution is 0.164. The summed E-state index contributed by atoms with van der Waals surface area (Å²) in [6.07, 6.45) is 2.40. The number of benzene rings is 1. The van der Waals surface area contributed by atoms with Gasteiger partial charge in [-0.2, -0.15) is 4.31 Å². The second-order valence-electron chi connectivity index (χ2n) is 7.32. The minimum absolute atomic E-state index is 0.0186. The largest absolute Gasteiger partial charge is 0.447 e. The first-order valence-electron chi connectivity index (χ1n) is 9.69. The van der Waals surface area contributed by atoms with Crippen LogP contribution in [-0.4, -0.2) is 50.0 Å². The van der Waals surface area contributed by atoms with Crippen LogP contribution in [0.4, 0.5) is 4.79 Å². The van der Waals surface area contributed by atoms with E-state index >= 15 is 0 Å². The number of ether oxygens (including phenoxy) is 1. The number of hydrogen-bond acceptors (Lipinski definition) is 4. The molecule has 0 saturated carbocycles. The van der Waals surface area contributed by atoms with E-state index in [0.29, 0.717) is 24.6 Å². The molecule has 1 unspecified atom stereocenters. The first-order chi connectivity index (χ1) is 13.3. The summed E-state index contributed by atoms with van der Waals surface area (Å²) in [6, 6.07) is 6.92. The molecule has 0 aliphatic carbocycles. The van der Waals surface area contributed by atoms with Crippen LogP contribution >= 0.6 is 0 Å². The van der Waals surface area contributed by atoms with Crippen LogP contribution < -0.4 is 0 Å². The molecule has 2 saturated heterocycles. The third-order valence-corrected chi connectivity index (χ3v) is 7.27. The molecule has 6 nitrogen and oxygen atoms in total. The summed E-state index contributed by atoms with van der Waals surface area (Å²) >= 11 is 0. The molecule has 0 radical (unpaired) electrons. The molecule has 152 valence electrons. The van der Waals surface area contributed by atoms with Crippen LogP contribution in [0.3, 0.4) is 0 Å². The topological polar surface area (TPSA) is 66.9 Å². The third kappa shape index (κ3) is 3.73. The molecule has 28 heavy (non-hydrogen) atoms. The van der Waals surface area contributed by atoms with Crippen molar-refractivity contribution < 1.29 is 17.9 Å². The van der Waals surface area contributed by atoms with Gasteiger partial charge >= 0.3 is 6.09 Å². The normalized spacial score (nSPS) is 23.3. The van der Waals surface area contributed by atoms with Crippen LogP contribution in [-0.2, 0) is 14.8 Å². The number of rotatable bonds is 5. The average molecular weight is 405 g/mol. The maximum atomic E-state index is 13.1. The molecule has 2 aliphatic heterocycles. The molecular weight excluding hydrogens is 376 g/mol. The maximum absolute atomic E-state index is 13.1. The van der Waals surface area contributed by atoms with Gasteiger partial charge in [0.2, 0.25) is 10.0 Å². The van der Waals surface area contributed by atoms with Gasteiger partial charge in [-0.1, -0.05) is 37.6 Å². The Hall–Kier alpha value is -2.12. The Morgan fingerprint density at radius 2 is 1.96 bits per heavy atom. The van der Waals surface area contributed by atoms with Crippen molar-refractivity contribution in [2.75, 3.05) is 26.2 Å². The Bertz CT molecular complexity index is 916. The number of amides is 1. The first-order valence-corrected chi connectivity index (χ1v) is 11.1. The van der Waals surface area contributed by atoms with Gasteiger partial charge in [-0.15, -0.1) is 0 Å². The second kappa shape index (κ2) is 8.09. The van der Waals surface area contributed by atoms with Gasteiger partial charge in [0.15, 0.2) is 0 Å². The third-order valence-electron chi connectivity index (χ3n) is 5.45. The predicted molar refractivity (Wildman–Crippen MR) is 108 cm³/mol. The Kier molecular flexibility index (Phi) is 5.95. The van der Waals surface area contributed by atoms with E-state index in [-0.39, 0.29) is 18.6 Å². The molecule has 1 aromatic rings. The number of allylic oxidation sites excluding steroid dienone is 2. The lowest BCUT2D eigenvalue weighted by Gasteiger charge is -2.24. The summed E-state index contributed by atoms with van der Waals surface area (Å²) in [5.74, 6) is 0.0186. The highest BCUT2D eigenvalue weighted by Crippen LogP contribution is 2.35. The zero-order chi connectivity index (χ0) is 20.5. The minimum Gasteiger partial charge on any atom is -0.447 e. The molecule has 1 aromatic carbocycles. The average Bonchev–Trinajstić information content (AvgIpc) is 3.26. The van der Waals surface area contributed by atoms with Gasteiger partial charge in [0.1, 0.15) is 6.61 Å². The van der Waals surface area contributed by atoms with Gasteiger partial charge in [-0.05, 0) is 49.5 Å². The molecule has 0 aromatic heterocycles. The van der Waals surface area contributed by atoms with Gasteiger partial charge in [0.25, 0.3) is 0 Å². The molecule has 1 atom stereocenters. The molecule has 0 bridgehead atoms. The van der Waals surface area contributed by atoms with E-state index in [9.17, 15) is 13.2 Å². The van der Waals surface area contributed by atoms with E-state index in [1.54, 1.807) is 17.0 Å². The predicted octanol–water partition coefficient (Wildman–Crippen LogP) is 3.70. The van der Waals surface area contributed by atoms with E-state index < -0.39 is 10.0 Å². The summed E-state index contributed by atoms with van der Waals surface area (Å²) in [4.78, 5) is 14.2. The van der Waals surface area contributed by atoms with Crippen LogP contribution in [0.1, 0.15) is 32.8 Å². The lowest BCUT2D eigenvalue weighted by Crippen LogP contribution is -2.30. The zero-order valence-corrected chi connectivity index (χ0v) is 17.8. The standard InChI is InChI=1S/C21H28N2O4S/c1-5-17(6-2)20(23-11-12-27-21(23)24)19-14-22(13-16(19)4)28(25,26)18-9-7-15(3)8-10-18/h5,7-10,16H,6,11-14H2,1-4H3/b17-5-,20-19+. The molecule has 2 heterocycles. The number of nitrogens with zero attached hydrogens (tertiary/aromatic N) is 2. The van der Waals surface area contributed by atoms with Gasteiger partial charge in [0.05, 0.1) is 17.1 Å². The first kappa shape index (κ1) is 20.6. The summed E-state index contributed by atoms with van der Waals surface area (Å²) in [7, 11) is -3.59. The highest BCUT2D eigenvalue weighted by Gasteiger charge is 2.38. The highest BCUT2D eigenvalue weighted by molar-refractivity contribution is 7.89. The number of aryl methyl sites for hydroxylation is 1. The van der Waals surface area contributed by atoms with Crippen molar-refractivity contribution in [2.45, 2.75) is 39.0 Å². The lowest BCUT2D eigenvalue weighted by atomic mass is 9.96. The molecule has 2 fully saturated rings. The Balaban J connectivity index is 2.01. The molecule has 7 heteroatoms. The van der Waals surface area contributed by atoms with Crippen molar-refractivity contribution in [2.24, 2.45) is 5.92 Å². The number of sulfonamides is 1. The number of hydrogen-bond donors (Lipinski definition) is 0. The number of cyclic esters (lactones) is 1. The van der Waals surface area contributed by atoms with Crippen LogP contribution in [0.25, 0.3) is 0 Å². The van der Waals surface area contributed by atoms with E-state index in [1.165, 1.54) is 4.31 Å². The highest BCUT2D eigenvalue weighted by atomic mass is 32.2. The Morgan fingerprint density at radius 1 is 1.29 bits per heavy atom. The fourth-order valence-corrected chi connectivity index (χ4v) is 5.34. The smallest absolute Gasteiger partial charge is 0.414 e.